The fraction of sp³-hybridized carbons (Fsp3) is 0.571. The fourth-order valence-corrected chi connectivity index (χ4v) is 2.53. The highest BCUT2D eigenvalue weighted by Gasteiger charge is 2.23. The van der Waals surface area contributed by atoms with Gasteiger partial charge < -0.3 is 25.8 Å². The molecule has 2 rings (SSSR count). The van der Waals surface area contributed by atoms with E-state index in [2.05, 4.69) is 15.6 Å². The lowest BCUT2D eigenvalue weighted by molar-refractivity contribution is 0.0949. The van der Waals surface area contributed by atoms with E-state index in [1.165, 1.54) is 0 Å². The van der Waals surface area contributed by atoms with Crippen molar-refractivity contribution in [3.8, 4) is 5.75 Å². The third-order valence-corrected chi connectivity index (χ3v) is 3.58. The number of nitrogens with one attached hydrogen (secondary N) is 3. The third-order valence-electron chi connectivity index (χ3n) is 3.58. The van der Waals surface area contributed by atoms with Crippen molar-refractivity contribution >= 4 is 18.3 Å². The van der Waals surface area contributed by atoms with Crippen LogP contribution in [-0.4, -0.2) is 47.3 Å². The van der Waals surface area contributed by atoms with Crippen molar-refractivity contribution < 1.29 is 15.0 Å². The molecule has 0 bridgehead atoms. The third kappa shape index (κ3) is 4.22. The molecule has 1 aromatic heterocycles. The number of halogens is 1. The molecule has 0 spiro atoms. The maximum Gasteiger partial charge on any atom is 0.264 e. The molecule has 0 atom stereocenters. The number of fused-ring (bicyclic) bond motifs is 1. The number of hydrogen-bond acceptors (Lipinski definition) is 5. The van der Waals surface area contributed by atoms with Crippen LogP contribution in [0.3, 0.4) is 0 Å². The van der Waals surface area contributed by atoms with E-state index in [0.717, 1.165) is 25.0 Å². The van der Waals surface area contributed by atoms with Crippen molar-refractivity contribution in [2.75, 3.05) is 26.2 Å². The van der Waals surface area contributed by atoms with E-state index in [0.29, 0.717) is 31.6 Å². The van der Waals surface area contributed by atoms with E-state index in [9.17, 15) is 14.7 Å². The second-order valence-electron chi connectivity index (χ2n) is 5.07. The Balaban J connectivity index is 0.00000242. The van der Waals surface area contributed by atoms with Gasteiger partial charge in [-0.2, -0.15) is 0 Å². The molecule has 0 aromatic carbocycles. The minimum absolute atomic E-state index is 0. The van der Waals surface area contributed by atoms with Crippen molar-refractivity contribution in [2.24, 2.45) is 0 Å². The average molecular weight is 332 g/mol. The number of carbonyl (C=O) groups is 1. The molecule has 0 fully saturated rings. The van der Waals surface area contributed by atoms with Crippen LogP contribution in [0.25, 0.3) is 0 Å². The molecule has 1 heterocycles. The van der Waals surface area contributed by atoms with Crippen LogP contribution in [-0.2, 0) is 12.8 Å². The molecule has 0 radical (unpaired) electrons. The second-order valence-corrected chi connectivity index (χ2v) is 5.07. The van der Waals surface area contributed by atoms with Crippen LogP contribution >= 0.6 is 12.4 Å². The molecule has 1 amide bonds. The zero-order valence-electron chi connectivity index (χ0n) is 12.3. The standard InChI is InChI=1S/C14H21N3O4.ClH/c18-8-7-15-5-6-16-13(20)11-12(19)9-3-1-2-4-10(9)17-14(11)21;/h15,18H,1-8H2,(H,16,20)(H2,17,19,21);1H. The highest BCUT2D eigenvalue weighted by molar-refractivity contribution is 5.96. The summed E-state index contributed by atoms with van der Waals surface area (Å²) in [7, 11) is 0. The molecule has 5 N–H and O–H groups in total. The predicted octanol–water partition coefficient (Wildman–Crippen LogP) is -0.307. The maximum absolute atomic E-state index is 12.0. The van der Waals surface area contributed by atoms with Gasteiger partial charge in [0.15, 0.2) is 0 Å². The van der Waals surface area contributed by atoms with Crippen LogP contribution < -0.4 is 16.2 Å². The molecule has 0 saturated carbocycles. The topological polar surface area (TPSA) is 114 Å². The van der Waals surface area contributed by atoms with Gasteiger partial charge in [-0.25, -0.2) is 0 Å². The number of aliphatic hydroxyl groups excluding tert-OH is 1. The van der Waals surface area contributed by atoms with Crippen molar-refractivity contribution in [3.05, 3.63) is 27.2 Å². The summed E-state index contributed by atoms with van der Waals surface area (Å²) in [5.74, 6) is -0.762. The Morgan fingerprint density at radius 1 is 1.18 bits per heavy atom. The quantitative estimate of drug-likeness (QED) is 0.459. The smallest absolute Gasteiger partial charge is 0.264 e. The first-order chi connectivity index (χ1) is 10.1. The van der Waals surface area contributed by atoms with Gasteiger partial charge in [0.1, 0.15) is 11.3 Å². The maximum atomic E-state index is 12.0. The molecule has 22 heavy (non-hydrogen) atoms. The number of carbonyl (C=O) groups excluding carboxylic acids is 1. The summed E-state index contributed by atoms with van der Waals surface area (Å²) in [6.07, 6.45) is 3.32. The highest BCUT2D eigenvalue weighted by Crippen LogP contribution is 2.28. The van der Waals surface area contributed by atoms with Gasteiger partial charge in [-0.05, 0) is 25.7 Å². The van der Waals surface area contributed by atoms with E-state index in [-0.39, 0.29) is 30.3 Å². The van der Waals surface area contributed by atoms with Gasteiger partial charge in [0.05, 0.1) is 6.61 Å². The molecule has 1 aliphatic carbocycles. The second kappa shape index (κ2) is 8.77. The van der Waals surface area contributed by atoms with E-state index < -0.39 is 11.5 Å². The van der Waals surface area contributed by atoms with Crippen molar-refractivity contribution in [3.63, 3.8) is 0 Å². The van der Waals surface area contributed by atoms with Crippen LogP contribution in [0, 0.1) is 0 Å². The Labute approximate surface area is 134 Å². The van der Waals surface area contributed by atoms with Crippen molar-refractivity contribution in [2.45, 2.75) is 25.7 Å². The number of hydrogen-bond donors (Lipinski definition) is 5. The molecular weight excluding hydrogens is 310 g/mol. The monoisotopic (exact) mass is 331 g/mol. The molecular formula is C14H22ClN3O4. The van der Waals surface area contributed by atoms with Gasteiger partial charge in [0.2, 0.25) is 0 Å². The van der Waals surface area contributed by atoms with Gasteiger partial charge in [-0.15, -0.1) is 12.4 Å². The Morgan fingerprint density at radius 2 is 1.91 bits per heavy atom. The van der Waals surface area contributed by atoms with Crippen LogP contribution in [0.4, 0.5) is 0 Å². The number of amides is 1. The first-order valence-electron chi connectivity index (χ1n) is 7.22. The number of rotatable bonds is 6. The normalized spacial score (nSPS) is 13.1. The van der Waals surface area contributed by atoms with E-state index in [1.54, 1.807) is 0 Å². The number of aromatic amines is 1. The van der Waals surface area contributed by atoms with Crippen molar-refractivity contribution in [1.29, 1.82) is 0 Å². The summed E-state index contributed by atoms with van der Waals surface area (Å²) in [6, 6.07) is 0. The molecule has 1 aliphatic rings. The minimum Gasteiger partial charge on any atom is -0.507 e. The number of aromatic hydroxyl groups is 1. The first kappa shape index (κ1) is 18.5. The number of pyridine rings is 1. The largest absolute Gasteiger partial charge is 0.507 e. The Hall–Kier alpha value is -1.57. The minimum atomic E-state index is -0.576. The van der Waals surface area contributed by atoms with Crippen molar-refractivity contribution in [1.82, 2.24) is 15.6 Å². The summed E-state index contributed by atoms with van der Waals surface area (Å²) in [4.78, 5) is 26.7. The summed E-state index contributed by atoms with van der Waals surface area (Å²) < 4.78 is 0. The lowest BCUT2D eigenvalue weighted by Crippen LogP contribution is -2.36. The molecule has 8 heteroatoms. The lowest BCUT2D eigenvalue weighted by Gasteiger charge is -2.18. The zero-order valence-corrected chi connectivity index (χ0v) is 13.1. The van der Waals surface area contributed by atoms with Gasteiger partial charge in [0, 0.05) is 30.9 Å². The summed E-state index contributed by atoms with van der Waals surface area (Å²) in [5.41, 5.74) is 0.668. The summed E-state index contributed by atoms with van der Waals surface area (Å²) >= 11 is 0. The molecule has 7 nitrogen and oxygen atoms in total. The molecule has 0 aliphatic heterocycles. The van der Waals surface area contributed by atoms with E-state index >= 15 is 0 Å². The molecule has 124 valence electrons. The van der Waals surface area contributed by atoms with Gasteiger partial charge in [-0.1, -0.05) is 0 Å². The number of aromatic nitrogens is 1. The number of H-pyrrole nitrogens is 1. The van der Waals surface area contributed by atoms with Crippen LogP contribution in [0.1, 0.15) is 34.5 Å². The Morgan fingerprint density at radius 3 is 2.64 bits per heavy atom. The van der Waals surface area contributed by atoms with Gasteiger partial charge in [-0.3, -0.25) is 9.59 Å². The van der Waals surface area contributed by atoms with Crippen LogP contribution in [0.15, 0.2) is 4.79 Å². The van der Waals surface area contributed by atoms with E-state index in [4.69, 9.17) is 5.11 Å². The highest BCUT2D eigenvalue weighted by atomic mass is 35.5. The molecule has 0 saturated heterocycles. The summed E-state index contributed by atoms with van der Waals surface area (Å²) in [6.45, 7) is 1.27. The zero-order chi connectivity index (χ0) is 15.2. The predicted molar refractivity (Wildman–Crippen MR) is 84.9 cm³/mol. The van der Waals surface area contributed by atoms with E-state index in [1.807, 2.05) is 0 Å². The number of aliphatic hydroxyl groups is 1. The van der Waals surface area contributed by atoms with Crippen LogP contribution in [0.5, 0.6) is 5.75 Å². The van der Waals surface area contributed by atoms with Gasteiger partial charge >= 0.3 is 0 Å². The summed E-state index contributed by atoms with van der Waals surface area (Å²) in [5, 5.41) is 24.3. The molecule has 0 unspecified atom stereocenters. The SMILES string of the molecule is Cl.O=C(NCCNCCO)c1c(O)c2c([nH]c1=O)CCCC2. The average Bonchev–Trinajstić information content (AvgIpc) is 2.47. The lowest BCUT2D eigenvalue weighted by atomic mass is 9.93. The Bertz CT molecular complexity index is 574. The van der Waals surface area contributed by atoms with Gasteiger partial charge in [0.25, 0.3) is 11.5 Å². The Kier molecular flexibility index (Phi) is 7.37. The molecule has 1 aromatic rings. The first-order valence-corrected chi connectivity index (χ1v) is 7.22. The van der Waals surface area contributed by atoms with Crippen LogP contribution in [0.2, 0.25) is 0 Å². The fourth-order valence-electron chi connectivity index (χ4n) is 2.53. The number of aryl methyl sites for hydroxylation is 1.